The minimum Gasteiger partial charge on any atom is -0.322 e. The van der Waals surface area contributed by atoms with Crippen molar-refractivity contribution in [2.24, 2.45) is 0 Å². The van der Waals surface area contributed by atoms with Crippen molar-refractivity contribution in [3.05, 3.63) is 59.1 Å². The second kappa shape index (κ2) is 6.20. The Morgan fingerprint density at radius 1 is 1.14 bits per heavy atom. The van der Waals surface area contributed by atoms with Gasteiger partial charge < -0.3 is 10.2 Å². The molecule has 2 aromatic carbocycles. The quantitative estimate of drug-likeness (QED) is 0.938. The van der Waals surface area contributed by atoms with Gasteiger partial charge in [0.05, 0.1) is 0 Å². The fourth-order valence-electron chi connectivity index (χ4n) is 2.48. The van der Waals surface area contributed by atoms with Crippen LogP contribution in [0.4, 0.5) is 11.4 Å². The Kier molecular flexibility index (Phi) is 4.11. The first-order chi connectivity index (χ1) is 10.6. The molecule has 0 atom stereocenters. The molecule has 5 heteroatoms. The van der Waals surface area contributed by atoms with Crippen molar-refractivity contribution in [1.29, 1.82) is 0 Å². The summed E-state index contributed by atoms with van der Waals surface area (Å²) in [6.45, 7) is 0.757. The summed E-state index contributed by atoms with van der Waals surface area (Å²) in [4.78, 5) is 25.6. The van der Waals surface area contributed by atoms with Gasteiger partial charge in [-0.1, -0.05) is 17.7 Å². The van der Waals surface area contributed by atoms with Crippen LogP contribution in [0.5, 0.6) is 0 Å². The molecule has 1 aliphatic rings. The molecule has 1 fully saturated rings. The maximum absolute atomic E-state index is 12.1. The molecule has 22 heavy (non-hydrogen) atoms. The summed E-state index contributed by atoms with van der Waals surface area (Å²) in [6.07, 6.45) is 1.50. The molecule has 4 nitrogen and oxygen atoms in total. The lowest BCUT2D eigenvalue weighted by molar-refractivity contribution is -0.117. The third-order valence-electron chi connectivity index (χ3n) is 3.60. The predicted octanol–water partition coefficient (Wildman–Crippen LogP) is 3.72. The molecule has 112 valence electrons. The van der Waals surface area contributed by atoms with Gasteiger partial charge >= 0.3 is 0 Å². The lowest BCUT2D eigenvalue weighted by Gasteiger charge is -2.16. The van der Waals surface area contributed by atoms with Crippen LogP contribution in [-0.4, -0.2) is 18.4 Å². The second-order valence-electron chi connectivity index (χ2n) is 5.16. The number of carbonyl (C=O) groups is 2. The van der Waals surface area contributed by atoms with Crippen molar-refractivity contribution in [2.45, 2.75) is 12.8 Å². The van der Waals surface area contributed by atoms with Crippen molar-refractivity contribution < 1.29 is 9.59 Å². The van der Waals surface area contributed by atoms with Crippen LogP contribution < -0.4 is 10.2 Å². The Morgan fingerprint density at radius 2 is 1.91 bits per heavy atom. The molecular weight excluding hydrogens is 300 g/mol. The zero-order chi connectivity index (χ0) is 15.5. The molecule has 2 aromatic rings. The van der Waals surface area contributed by atoms with Crippen LogP contribution in [0.3, 0.4) is 0 Å². The van der Waals surface area contributed by atoms with Gasteiger partial charge in [-0.05, 0) is 48.9 Å². The highest BCUT2D eigenvalue weighted by atomic mass is 35.5. The van der Waals surface area contributed by atoms with Gasteiger partial charge in [0.1, 0.15) is 0 Å². The number of hydrogen-bond donors (Lipinski definition) is 1. The fourth-order valence-corrected chi connectivity index (χ4v) is 2.67. The van der Waals surface area contributed by atoms with Crippen LogP contribution in [0.1, 0.15) is 23.2 Å². The van der Waals surface area contributed by atoms with E-state index in [1.165, 1.54) is 0 Å². The van der Waals surface area contributed by atoms with Gasteiger partial charge in [-0.2, -0.15) is 0 Å². The summed E-state index contributed by atoms with van der Waals surface area (Å²) in [6, 6.07) is 14.1. The minimum atomic E-state index is -0.215. The molecular formula is C17H15ClN2O2. The van der Waals surface area contributed by atoms with Gasteiger partial charge in [-0.15, -0.1) is 0 Å². The normalized spacial score (nSPS) is 14.2. The largest absolute Gasteiger partial charge is 0.322 e. The molecule has 0 unspecified atom stereocenters. The molecule has 2 amide bonds. The summed E-state index contributed by atoms with van der Waals surface area (Å²) in [5.41, 5.74) is 2.05. The van der Waals surface area contributed by atoms with E-state index in [9.17, 15) is 9.59 Å². The average Bonchev–Trinajstić information content (AvgIpc) is 2.94. The van der Waals surface area contributed by atoms with E-state index in [0.29, 0.717) is 22.7 Å². The maximum Gasteiger partial charge on any atom is 0.255 e. The maximum atomic E-state index is 12.1. The van der Waals surface area contributed by atoms with E-state index < -0.39 is 0 Å². The van der Waals surface area contributed by atoms with Gasteiger partial charge in [0.15, 0.2) is 0 Å². The lowest BCUT2D eigenvalue weighted by atomic mass is 10.2. The molecule has 1 saturated heterocycles. The third-order valence-corrected chi connectivity index (χ3v) is 3.83. The van der Waals surface area contributed by atoms with Crippen molar-refractivity contribution in [3.63, 3.8) is 0 Å². The Morgan fingerprint density at radius 3 is 2.55 bits per heavy atom. The van der Waals surface area contributed by atoms with E-state index in [1.54, 1.807) is 41.3 Å². The number of nitrogens with one attached hydrogen (secondary N) is 1. The van der Waals surface area contributed by atoms with Crippen LogP contribution in [0, 0.1) is 0 Å². The minimum absolute atomic E-state index is 0.149. The average molecular weight is 315 g/mol. The van der Waals surface area contributed by atoms with E-state index >= 15 is 0 Å². The van der Waals surface area contributed by atoms with Crippen molar-refractivity contribution in [2.75, 3.05) is 16.8 Å². The highest BCUT2D eigenvalue weighted by Crippen LogP contribution is 2.23. The standard InChI is InChI=1S/C17H15ClN2O2/c18-13-4-1-3-12(11-13)17(22)19-14-6-8-15(9-7-14)20-10-2-5-16(20)21/h1,3-4,6-9,11H,2,5,10H2,(H,19,22). The van der Waals surface area contributed by atoms with Crippen molar-refractivity contribution in [3.8, 4) is 0 Å². The van der Waals surface area contributed by atoms with Crippen LogP contribution >= 0.6 is 11.6 Å². The molecule has 3 rings (SSSR count). The van der Waals surface area contributed by atoms with Gasteiger partial charge in [0.2, 0.25) is 5.91 Å². The predicted molar refractivity (Wildman–Crippen MR) is 87.4 cm³/mol. The number of rotatable bonds is 3. The first-order valence-electron chi connectivity index (χ1n) is 7.11. The van der Waals surface area contributed by atoms with Gasteiger partial charge in [-0.25, -0.2) is 0 Å². The molecule has 0 aliphatic carbocycles. The van der Waals surface area contributed by atoms with Crippen LogP contribution in [0.25, 0.3) is 0 Å². The van der Waals surface area contributed by atoms with Gasteiger partial charge in [0.25, 0.3) is 5.91 Å². The van der Waals surface area contributed by atoms with Crippen LogP contribution in [-0.2, 0) is 4.79 Å². The summed E-state index contributed by atoms with van der Waals surface area (Å²) >= 11 is 5.88. The first kappa shape index (κ1) is 14.6. The number of nitrogens with zero attached hydrogens (tertiary/aromatic N) is 1. The smallest absolute Gasteiger partial charge is 0.255 e. The Labute approximate surface area is 133 Å². The van der Waals surface area contributed by atoms with Gasteiger partial charge in [0, 0.05) is 34.9 Å². The van der Waals surface area contributed by atoms with Gasteiger partial charge in [-0.3, -0.25) is 9.59 Å². The molecule has 1 aliphatic heterocycles. The molecule has 0 bridgehead atoms. The number of anilines is 2. The fraction of sp³-hybridized carbons (Fsp3) is 0.176. The Bertz CT molecular complexity index is 713. The van der Waals surface area contributed by atoms with E-state index in [4.69, 9.17) is 11.6 Å². The zero-order valence-corrected chi connectivity index (χ0v) is 12.6. The Hall–Kier alpha value is -2.33. The summed E-state index contributed by atoms with van der Waals surface area (Å²) in [7, 11) is 0. The topological polar surface area (TPSA) is 49.4 Å². The Balaban J connectivity index is 1.71. The monoisotopic (exact) mass is 314 g/mol. The molecule has 0 spiro atoms. The first-order valence-corrected chi connectivity index (χ1v) is 7.48. The third kappa shape index (κ3) is 3.12. The number of halogens is 1. The van der Waals surface area contributed by atoms with Crippen LogP contribution in [0.15, 0.2) is 48.5 Å². The highest BCUT2D eigenvalue weighted by Gasteiger charge is 2.21. The second-order valence-corrected chi connectivity index (χ2v) is 5.60. The summed E-state index contributed by atoms with van der Waals surface area (Å²) < 4.78 is 0. The highest BCUT2D eigenvalue weighted by molar-refractivity contribution is 6.31. The zero-order valence-electron chi connectivity index (χ0n) is 11.9. The molecule has 0 aromatic heterocycles. The van der Waals surface area contributed by atoms with E-state index in [1.807, 2.05) is 12.1 Å². The van der Waals surface area contributed by atoms with E-state index in [0.717, 1.165) is 18.7 Å². The number of amides is 2. The molecule has 0 saturated carbocycles. The molecule has 1 heterocycles. The number of carbonyl (C=O) groups excluding carboxylic acids is 2. The van der Waals surface area contributed by atoms with Crippen molar-refractivity contribution >= 4 is 34.8 Å². The summed E-state index contributed by atoms with van der Waals surface area (Å²) in [5, 5.41) is 3.34. The molecule has 1 N–H and O–H groups in total. The van der Waals surface area contributed by atoms with E-state index in [-0.39, 0.29) is 11.8 Å². The number of hydrogen-bond acceptors (Lipinski definition) is 2. The van der Waals surface area contributed by atoms with Crippen LogP contribution in [0.2, 0.25) is 5.02 Å². The lowest BCUT2D eigenvalue weighted by Crippen LogP contribution is -2.23. The summed E-state index contributed by atoms with van der Waals surface area (Å²) in [5.74, 6) is -0.0665. The molecule has 0 radical (unpaired) electrons. The SMILES string of the molecule is O=C(Nc1ccc(N2CCCC2=O)cc1)c1cccc(Cl)c1. The van der Waals surface area contributed by atoms with E-state index in [2.05, 4.69) is 5.32 Å². The van der Waals surface area contributed by atoms with Crippen molar-refractivity contribution in [1.82, 2.24) is 0 Å². The number of benzene rings is 2.